The number of fused-ring (bicyclic) bond motifs is 1. The molecule has 0 atom stereocenters. The molecule has 1 saturated carbocycles. The predicted molar refractivity (Wildman–Crippen MR) is 95.8 cm³/mol. The highest BCUT2D eigenvalue weighted by Gasteiger charge is 2.33. The number of hydrogen-bond acceptors (Lipinski definition) is 2. The lowest BCUT2D eigenvalue weighted by Crippen LogP contribution is -2.32. The number of nitrogens with zero attached hydrogens (tertiary/aromatic N) is 2. The van der Waals surface area contributed by atoms with Gasteiger partial charge in [-0.3, -0.25) is 9.78 Å². The van der Waals surface area contributed by atoms with E-state index in [9.17, 15) is 4.79 Å². The Morgan fingerprint density at radius 3 is 2.54 bits per heavy atom. The molecule has 0 unspecified atom stereocenters. The first kappa shape index (κ1) is 14.9. The van der Waals surface area contributed by atoms with Crippen molar-refractivity contribution >= 4 is 16.8 Å². The number of pyridine rings is 1. The molecule has 1 amide bonds. The third-order valence-corrected chi connectivity index (χ3v) is 4.52. The van der Waals surface area contributed by atoms with Gasteiger partial charge in [-0.2, -0.15) is 0 Å². The van der Waals surface area contributed by atoms with E-state index < -0.39 is 0 Å². The lowest BCUT2D eigenvalue weighted by atomic mass is 10.1. The number of amides is 1. The Balaban J connectivity index is 1.73. The van der Waals surface area contributed by atoms with E-state index in [0.717, 1.165) is 35.0 Å². The monoisotopic (exact) mass is 316 g/mol. The summed E-state index contributed by atoms with van der Waals surface area (Å²) >= 11 is 0. The molecule has 3 aromatic rings. The summed E-state index contributed by atoms with van der Waals surface area (Å²) in [6.07, 6.45) is 2.20. The first-order valence-electron chi connectivity index (χ1n) is 8.43. The predicted octanol–water partition coefficient (Wildman–Crippen LogP) is 4.35. The minimum atomic E-state index is 0.114. The molecule has 0 spiro atoms. The molecule has 0 bridgehead atoms. The average Bonchev–Trinajstić information content (AvgIpc) is 3.44. The fourth-order valence-corrected chi connectivity index (χ4v) is 3.17. The smallest absolute Gasteiger partial charge is 0.255 e. The first-order chi connectivity index (χ1) is 11.7. The highest BCUT2D eigenvalue weighted by molar-refractivity contribution is 6.06. The van der Waals surface area contributed by atoms with Gasteiger partial charge < -0.3 is 4.90 Å². The molecule has 3 heteroatoms. The van der Waals surface area contributed by atoms with Crippen molar-refractivity contribution in [2.45, 2.75) is 32.4 Å². The largest absolute Gasteiger partial charge is 0.331 e. The van der Waals surface area contributed by atoms with Gasteiger partial charge in [-0.15, -0.1) is 0 Å². The van der Waals surface area contributed by atoms with Crippen molar-refractivity contribution in [1.82, 2.24) is 9.88 Å². The quantitative estimate of drug-likeness (QED) is 0.717. The van der Waals surface area contributed by atoms with Gasteiger partial charge in [0, 0.05) is 23.7 Å². The number of benzene rings is 2. The standard InChI is InChI=1S/C21H20N2O/c1-15-13-19(18-9-5-6-10-20(18)22-15)21(24)23(17-11-12-17)14-16-7-3-2-4-8-16/h2-10,13,17H,11-12,14H2,1H3. The Bertz CT molecular complexity index is 885. The first-order valence-corrected chi connectivity index (χ1v) is 8.43. The molecule has 1 aliphatic rings. The van der Waals surface area contributed by atoms with Crippen molar-refractivity contribution in [3.8, 4) is 0 Å². The van der Waals surface area contributed by atoms with E-state index in [0.29, 0.717) is 12.6 Å². The van der Waals surface area contributed by atoms with Crippen LogP contribution in [0.1, 0.15) is 34.5 Å². The van der Waals surface area contributed by atoms with Crippen LogP contribution < -0.4 is 0 Å². The lowest BCUT2D eigenvalue weighted by Gasteiger charge is -2.23. The van der Waals surface area contributed by atoms with Crippen molar-refractivity contribution in [2.75, 3.05) is 0 Å². The number of para-hydroxylation sites is 1. The second-order valence-corrected chi connectivity index (χ2v) is 6.48. The maximum atomic E-state index is 13.3. The van der Waals surface area contributed by atoms with Crippen LogP contribution in [0.15, 0.2) is 60.7 Å². The third-order valence-electron chi connectivity index (χ3n) is 4.52. The van der Waals surface area contributed by atoms with Crippen LogP contribution in [0.3, 0.4) is 0 Å². The molecule has 1 heterocycles. The van der Waals surface area contributed by atoms with Crippen molar-refractivity contribution in [3.63, 3.8) is 0 Å². The van der Waals surface area contributed by atoms with Gasteiger partial charge in [0.25, 0.3) is 5.91 Å². The Morgan fingerprint density at radius 2 is 1.79 bits per heavy atom. The van der Waals surface area contributed by atoms with Gasteiger partial charge in [-0.25, -0.2) is 0 Å². The number of hydrogen-bond donors (Lipinski definition) is 0. The molecule has 1 fully saturated rings. The van der Waals surface area contributed by atoms with Gasteiger partial charge in [0.2, 0.25) is 0 Å². The SMILES string of the molecule is Cc1cc(C(=O)N(Cc2ccccc2)C2CC2)c2ccccc2n1. The van der Waals surface area contributed by atoms with Crippen molar-refractivity contribution < 1.29 is 4.79 Å². The normalized spacial score (nSPS) is 13.9. The van der Waals surface area contributed by atoms with E-state index in [1.165, 1.54) is 5.56 Å². The molecule has 1 aliphatic carbocycles. The number of carbonyl (C=O) groups is 1. The van der Waals surface area contributed by atoms with E-state index >= 15 is 0 Å². The van der Waals surface area contributed by atoms with Gasteiger partial charge in [0.05, 0.1) is 11.1 Å². The van der Waals surface area contributed by atoms with Gasteiger partial charge in [0.1, 0.15) is 0 Å². The van der Waals surface area contributed by atoms with Crippen LogP contribution in [0.5, 0.6) is 0 Å². The minimum absolute atomic E-state index is 0.114. The topological polar surface area (TPSA) is 33.2 Å². The number of aryl methyl sites for hydroxylation is 1. The molecule has 24 heavy (non-hydrogen) atoms. The molecule has 1 aromatic heterocycles. The van der Waals surface area contributed by atoms with Crippen LogP contribution in [-0.2, 0) is 6.54 Å². The summed E-state index contributed by atoms with van der Waals surface area (Å²) in [5, 5.41) is 0.937. The third kappa shape index (κ3) is 2.90. The van der Waals surface area contributed by atoms with Crippen LogP contribution in [0.2, 0.25) is 0 Å². The second-order valence-electron chi connectivity index (χ2n) is 6.48. The molecule has 0 radical (unpaired) electrons. The van der Waals surface area contributed by atoms with Crippen molar-refractivity contribution in [3.05, 3.63) is 77.5 Å². The molecular formula is C21H20N2O. The van der Waals surface area contributed by atoms with Gasteiger partial charge in [-0.05, 0) is 37.5 Å². The maximum absolute atomic E-state index is 13.3. The zero-order valence-corrected chi connectivity index (χ0v) is 13.8. The summed E-state index contributed by atoms with van der Waals surface area (Å²) in [7, 11) is 0. The van der Waals surface area contributed by atoms with E-state index in [1.54, 1.807) is 0 Å². The van der Waals surface area contributed by atoms with Crippen molar-refractivity contribution in [1.29, 1.82) is 0 Å². The van der Waals surface area contributed by atoms with Crippen LogP contribution in [0, 0.1) is 6.92 Å². The molecule has 3 nitrogen and oxygen atoms in total. The van der Waals surface area contributed by atoms with Gasteiger partial charge in [-0.1, -0.05) is 48.5 Å². The highest BCUT2D eigenvalue weighted by atomic mass is 16.2. The Morgan fingerprint density at radius 1 is 1.08 bits per heavy atom. The van der Waals surface area contributed by atoms with E-state index in [2.05, 4.69) is 17.1 Å². The summed E-state index contributed by atoms with van der Waals surface area (Å²) in [5.74, 6) is 0.114. The number of aromatic nitrogens is 1. The molecule has 0 N–H and O–H groups in total. The molecule has 4 rings (SSSR count). The average molecular weight is 316 g/mol. The summed E-state index contributed by atoms with van der Waals surface area (Å²) in [4.78, 5) is 19.9. The lowest BCUT2D eigenvalue weighted by molar-refractivity contribution is 0.0732. The van der Waals surface area contributed by atoms with E-state index in [1.807, 2.05) is 60.4 Å². The molecule has 120 valence electrons. The second kappa shape index (κ2) is 6.08. The van der Waals surface area contributed by atoms with E-state index in [-0.39, 0.29) is 5.91 Å². The number of rotatable bonds is 4. The summed E-state index contributed by atoms with van der Waals surface area (Å²) in [6, 6.07) is 20.4. The summed E-state index contributed by atoms with van der Waals surface area (Å²) < 4.78 is 0. The van der Waals surface area contributed by atoms with Crippen LogP contribution in [0.25, 0.3) is 10.9 Å². The minimum Gasteiger partial charge on any atom is -0.331 e. The zero-order chi connectivity index (χ0) is 16.5. The Labute approximate surface area is 141 Å². The van der Waals surface area contributed by atoms with Gasteiger partial charge in [0.15, 0.2) is 0 Å². The molecular weight excluding hydrogens is 296 g/mol. The van der Waals surface area contributed by atoms with Crippen LogP contribution in [-0.4, -0.2) is 21.8 Å². The maximum Gasteiger partial charge on any atom is 0.255 e. The van der Waals surface area contributed by atoms with E-state index in [4.69, 9.17) is 0 Å². The van der Waals surface area contributed by atoms with Crippen molar-refractivity contribution in [2.24, 2.45) is 0 Å². The Hall–Kier alpha value is -2.68. The van der Waals surface area contributed by atoms with Crippen LogP contribution >= 0.6 is 0 Å². The molecule has 0 aliphatic heterocycles. The summed E-state index contributed by atoms with van der Waals surface area (Å²) in [6.45, 7) is 2.61. The fourth-order valence-electron chi connectivity index (χ4n) is 3.17. The van der Waals surface area contributed by atoms with Crippen LogP contribution in [0.4, 0.5) is 0 Å². The molecule has 0 saturated heterocycles. The zero-order valence-electron chi connectivity index (χ0n) is 13.8. The molecule has 2 aromatic carbocycles. The Kier molecular flexibility index (Phi) is 3.77. The number of carbonyl (C=O) groups excluding carboxylic acids is 1. The van der Waals surface area contributed by atoms with Gasteiger partial charge >= 0.3 is 0 Å². The summed E-state index contributed by atoms with van der Waals surface area (Å²) in [5.41, 5.74) is 3.71. The fraction of sp³-hybridized carbons (Fsp3) is 0.238. The highest BCUT2D eigenvalue weighted by Crippen LogP contribution is 2.31.